The van der Waals surface area contributed by atoms with E-state index < -0.39 is 6.04 Å². The van der Waals surface area contributed by atoms with Gasteiger partial charge in [-0.1, -0.05) is 38.1 Å². The first-order chi connectivity index (χ1) is 10.2. The van der Waals surface area contributed by atoms with Crippen molar-refractivity contribution in [3.05, 3.63) is 35.4 Å². The van der Waals surface area contributed by atoms with E-state index in [9.17, 15) is 9.59 Å². The topological polar surface area (TPSA) is 49.4 Å². The normalized spacial score (nSPS) is 18.1. The standard InChI is InChI=1S/C18H26N2O2/c1-12(2)17(22)20-11-14-9-7-6-8-13(14)10-15(20)16(21)19-18(3,4)5/h6-9,12,15H,10-11H2,1-5H3,(H,19,21). The van der Waals surface area contributed by atoms with Crippen LogP contribution >= 0.6 is 0 Å². The smallest absolute Gasteiger partial charge is 0.243 e. The fraction of sp³-hybridized carbons (Fsp3) is 0.556. The van der Waals surface area contributed by atoms with Crippen molar-refractivity contribution in [2.24, 2.45) is 5.92 Å². The molecular weight excluding hydrogens is 276 g/mol. The molecule has 1 unspecified atom stereocenters. The molecular formula is C18H26N2O2. The van der Waals surface area contributed by atoms with E-state index in [4.69, 9.17) is 0 Å². The Labute approximate surface area is 132 Å². The second-order valence-electron chi connectivity index (χ2n) is 7.35. The summed E-state index contributed by atoms with van der Waals surface area (Å²) in [6, 6.07) is 7.62. The zero-order valence-electron chi connectivity index (χ0n) is 14.1. The molecule has 1 heterocycles. The number of amides is 2. The molecule has 4 heteroatoms. The quantitative estimate of drug-likeness (QED) is 0.912. The summed E-state index contributed by atoms with van der Waals surface area (Å²) in [6.07, 6.45) is 0.580. The zero-order valence-corrected chi connectivity index (χ0v) is 14.1. The van der Waals surface area contributed by atoms with Crippen molar-refractivity contribution in [2.75, 3.05) is 0 Å². The van der Waals surface area contributed by atoms with Gasteiger partial charge in [-0.15, -0.1) is 0 Å². The van der Waals surface area contributed by atoms with E-state index in [1.807, 2.05) is 58.9 Å². The molecule has 1 N–H and O–H groups in total. The number of benzene rings is 1. The Hall–Kier alpha value is -1.84. The van der Waals surface area contributed by atoms with Crippen LogP contribution in [0.3, 0.4) is 0 Å². The van der Waals surface area contributed by atoms with Crippen LogP contribution in [0.5, 0.6) is 0 Å². The van der Waals surface area contributed by atoms with E-state index in [1.54, 1.807) is 4.90 Å². The van der Waals surface area contributed by atoms with E-state index in [0.717, 1.165) is 11.1 Å². The lowest BCUT2D eigenvalue weighted by Gasteiger charge is -2.38. The minimum absolute atomic E-state index is 0.0311. The molecule has 1 aliphatic rings. The summed E-state index contributed by atoms with van der Waals surface area (Å²) in [6.45, 7) is 10.1. The summed E-state index contributed by atoms with van der Waals surface area (Å²) in [4.78, 5) is 26.9. The van der Waals surface area contributed by atoms with E-state index in [-0.39, 0.29) is 23.3 Å². The first-order valence-corrected chi connectivity index (χ1v) is 7.88. The van der Waals surface area contributed by atoms with Crippen LogP contribution in [0.15, 0.2) is 24.3 Å². The molecule has 22 heavy (non-hydrogen) atoms. The Morgan fingerprint density at radius 1 is 1.18 bits per heavy atom. The van der Waals surface area contributed by atoms with Crippen molar-refractivity contribution < 1.29 is 9.59 Å². The van der Waals surface area contributed by atoms with E-state index in [2.05, 4.69) is 5.32 Å². The Kier molecular flexibility index (Phi) is 4.59. The van der Waals surface area contributed by atoms with E-state index in [0.29, 0.717) is 13.0 Å². The fourth-order valence-corrected chi connectivity index (χ4v) is 2.77. The SMILES string of the molecule is CC(C)C(=O)N1Cc2ccccc2CC1C(=O)NC(C)(C)C. The Balaban J connectivity index is 2.31. The molecule has 0 aliphatic carbocycles. The van der Waals surface area contributed by atoms with Crippen molar-refractivity contribution in [3.8, 4) is 0 Å². The predicted molar refractivity (Wildman–Crippen MR) is 87.2 cm³/mol. The van der Waals surface area contributed by atoms with E-state index >= 15 is 0 Å². The third-order valence-electron chi connectivity index (χ3n) is 3.83. The lowest BCUT2D eigenvalue weighted by molar-refractivity contribution is -0.144. The monoisotopic (exact) mass is 302 g/mol. The number of carbonyl (C=O) groups excluding carboxylic acids is 2. The molecule has 0 fully saturated rings. The van der Waals surface area contributed by atoms with Crippen LogP contribution in [-0.4, -0.2) is 28.3 Å². The largest absolute Gasteiger partial charge is 0.350 e. The number of fused-ring (bicyclic) bond motifs is 1. The molecule has 1 aromatic carbocycles. The van der Waals surface area contributed by atoms with Crippen LogP contribution < -0.4 is 5.32 Å². The van der Waals surface area contributed by atoms with Gasteiger partial charge in [0.1, 0.15) is 6.04 Å². The van der Waals surface area contributed by atoms with Crippen LogP contribution in [0.2, 0.25) is 0 Å². The van der Waals surface area contributed by atoms with Crippen LogP contribution in [0.1, 0.15) is 45.7 Å². The molecule has 4 nitrogen and oxygen atoms in total. The second kappa shape index (κ2) is 6.11. The minimum Gasteiger partial charge on any atom is -0.350 e. The highest BCUT2D eigenvalue weighted by atomic mass is 16.2. The van der Waals surface area contributed by atoms with Gasteiger partial charge in [-0.2, -0.15) is 0 Å². The molecule has 0 aromatic heterocycles. The maximum Gasteiger partial charge on any atom is 0.243 e. The number of hydrogen-bond donors (Lipinski definition) is 1. The number of rotatable bonds is 2. The van der Waals surface area contributed by atoms with Crippen molar-refractivity contribution in [1.29, 1.82) is 0 Å². The average molecular weight is 302 g/mol. The molecule has 0 spiro atoms. The maximum atomic E-state index is 12.7. The number of hydrogen-bond acceptors (Lipinski definition) is 2. The molecule has 2 amide bonds. The van der Waals surface area contributed by atoms with Gasteiger partial charge in [0.05, 0.1) is 0 Å². The number of nitrogens with one attached hydrogen (secondary N) is 1. The highest BCUT2D eigenvalue weighted by molar-refractivity contribution is 5.89. The number of carbonyl (C=O) groups is 2. The van der Waals surface area contributed by atoms with E-state index in [1.165, 1.54) is 0 Å². The molecule has 1 atom stereocenters. The van der Waals surface area contributed by atoms with Crippen LogP contribution in [0.4, 0.5) is 0 Å². The lowest BCUT2D eigenvalue weighted by atomic mass is 9.92. The van der Waals surface area contributed by atoms with Gasteiger partial charge in [-0.3, -0.25) is 9.59 Å². The van der Waals surface area contributed by atoms with Gasteiger partial charge in [-0.25, -0.2) is 0 Å². The molecule has 120 valence electrons. The van der Waals surface area contributed by atoms with Crippen molar-refractivity contribution in [1.82, 2.24) is 10.2 Å². The summed E-state index contributed by atoms with van der Waals surface area (Å²) in [5.74, 6) is -0.158. The highest BCUT2D eigenvalue weighted by Gasteiger charge is 2.36. The molecule has 2 rings (SSSR count). The van der Waals surface area contributed by atoms with Crippen molar-refractivity contribution in [3.63, 3.8) is 0 Å². The van der Waals surface area contributed by atoms with Gasteiger partial charge in [0.25, 0.3) is 0 Å². The average Bonchev–Trinajstić information content (AvgIpc) is 2.43. The third-order valence-corrected chi connectivity index (χ3v) is 3.83. The van der Waals surface area contributed by atoms with Gasteiger partial charge in [-0.05, 0) is 31.9 Å². The molecule has 0 radical (unpaired) electrons. The summed E-state index contributed by atoms with van der Waals surface area (Å²) >= 11 is 0. The first kappa shape index (κ1) is 16.5. The predicted octanol–water partition coefficient (Wildman–Crippen LogP) is 2.51. The van der Waals surface area contributed by atoms with Crippen LogP contribution in [-0.2, 0) is 22.6 Å². The third kappa shape index (κ3) is 3.67. The molecule has 0 saturated heterocycles. The number of nitrogens with zero attached hydrogens (tertiary/aromatic N) is 1. The Morgan fingerprint density at radius 3 is 2.32 bits per heavy atom. The van der Waals surface area contributed by atoms with Crippen molar-refractivity contribution >= 4 is 11.8 Å². The lowest BCUT2D eigenvalue weighted by Crippen LogP contribution is -2.56. The van der Waals surface area contributed by atoms with Crippen LogP contribution in [0.25, 0.3) is 0 Å². The molecule has 1 aliphatic heterocycles. The van der Waals surface area contributed by atoms with Gasteiger partial charge < -0.3 is 10.2 Å². The molecule has 1 aromatic rings. The fourth-order valence-electron chi connectivity index (χ4n) is 2.77. The summed E-state index contributed by atoms with van der Waals surface area (Å²) in [7, 11) is 0. The molecule has 0 saturated carbocycles. The van der Waals surface area contributed by atoms with Gasteiger partial charge >= 0.3 is 0 Å². The zero-order chi connectivity index (χ0) is 16.5. The highest BCUT2D eigenvalue weighted by Crippen LogP contribution is 2.25. The van der Waals surface area contributed by atoms with Crippen LogP contribution in [0, 0.1) is 5.92 Å². The minimum atomic E-state index is -0.427. The molecule has 0 bridgehead atoms. The maximum absolute atomic E-state index is 12.7. The summed E-state index contributed by atoms with van der Waals surface area (Å²) < 4.78 is 0. The second-order valence-corrected chi connectivity index (χ2v) is 7.35. The van der Waals surface area contributed by atoms with Gasteiger partial charge in [0, 0.05) is 24.4 Å². The summed E-state index contributed by atoms with van der Waals surface area (Å²) in [5, 5.41) is 3.01. The van der Waals surface area contributed by atoms with Crippen molar-refractivity contribution in [2.45, 2.75) is 59.2 Å². The van der Waals surface area contributed by atoms with Gasteiger partial charge in [0.2, 0.25) is 11.8 Å². The van der Waals surface area contributed by atoms with Gasteiger partial charge in [0.15, 0.2) is 0 Å². The Morgan fingerprint density at radius 2 is 1.77 bits per heavy atom. The first-order valence-electron chi connectivity index (χ1n) is 7.88. The summed E-state index contributed by atoms with van der Waals surface area (Å²) in [5.41, 5.74) is 1.99. The Bertz CT molecular complexity index is 573.